The van der Waals surface area contributed by atoms with Crippen LogP contribution in [0.2, 0.25) is 0 Å². The van der Waals surface area contributed by atoms with Gasteiger partial charge in [0.2, 0.25) is 0 Å². The molecule has 0 aliphatic carbocycles. The summed E-state index contributed by atoms with van der Waals surface area (Å²) in [6, 6.07) is 8.34. The lowest BCUT2D eigenvalue weighted by molar-refractivity contribution is 0.00392. The van der Waals surface area contributed by atoms with Crippen molar-refractivity contribution >= 4 is 9.84 Å². The van der Waals surface area contributed by atoms with Crippen LogP contribution >= 0.6 is 0 Å². The molecule has 18 heavy (non-hydrogen) atoms. The summed E-state index contributed by atoms with van der Waals surface area (Å²) in [5.74, 6) is -0.183. The van der Waals surface area contributed by atoms with Gasteiger partial charge in [0, 0.05) is 13.1 Å². The number of nitrogens with zero attached hydrogens (tertiary/aromatic N) is 1. The molecule has 1 aliphatic rings. The molecule has 2 rings (SSSR count). The molecule has 0 unspecified atom stereocenters. The molecule has 1 saturated heterocycles. The number of benzene rings is 1. The second-order valence-electron chi connectivity index (χ2n) is 5.10. The Kier molecular flexibility index (Phi) is 3.75. The fourth-order valence-corrected chi connectivity index (χ4v) is 3.98. The molecule has 0 amide bonds. The molecule has 5 heteroatoms. The van der Waals surface area contributed by atoms with Crippen LogP contribution in [0.3, 0.4) is 0 Å². The second-order valence-corrected chi connectivity index (χ2v) is 7.09. The van der Waals surface area contributed by atoms with Gasteiger partial charge in [-0.2, -0.15) is 0 Å². The van der Waals surface area contributed by atoms with Crippen molar-refractivity contribution < 1.29 is 13.5 Å². The standard InChI is InChI=1S/C13H19NO3S/c1-14-9-7-13(15,8-10-14)11-18(16,17)12-5-3-2-4-6-12/h2-6,15H,7-11H2,1H3. The molecule has 0 aromatic heterocycles. The molecule has 1 aromatic rings. The topological polar surface area (TPSA) is 57.6 Å². The van der Waals surface area contributed by atoms with Crippen molar-refractivity contribution in [2.75, 3.05) is 25.9 Å². The number of aliphatic hydroxyl groups is 1. The number of hydrogen-bond acceptors (Lipinski definition) is 4. The predicted molar refractivity (Wildman–Crippen MR) is 70.2 cm³/mol. The maximum atomic E-state index is 12.2. The zero-order valence-electron chi connectivity index (χ0n) is 10.5. The third-order valence-electron chi connectivity index (χ3n) is 3.48. The van der Waals surface area contributed by atoms with Gasteiger partial charge in [0.05, 0.1) is 16.2 Å². The van der Waals surface area contributed by atoms with E-state index in [0.717, 1.165) is 13.1 Å². The average molecular weight is 269 g/mol. The Labute approximate surface area is 108 Å². The highest BCUT2D eigenvalue weighted by Crippen LogP contribution is 2.25. The summed E-state index contributed by atoms with van der Waals surface area (Å²) >= 11 is 0. The second kappa shape index (κ2) is 4.99. The average Bonchev–Trinajstić information content (AvgIpc) is 2.34. The predicted octanol–water partition coefficient (Wildman–Crippen LogP) is 0.917. The molecule has 1 heterocycles. The Morgan fingerprint density at radius 3 is 2.33 bits per heavy atom. The molecule has 100 valence electrons. The minimum Gasteiger partial charge on any atom is -0.389 e. The van der Waals surface area contributed by atoms with Gasteiger partial charge in [-0.1, -0.05) is 18.2 Å². The van der Waals surface area contributed by atoms with Crippen molar-refractivity contribution in [1.29, 1.82) is 0 Å². The van der Waals surface area contributed by atoms with Crippen molar-refractivity contribution in [3.63, 3.8) is 0 Å². The van der Waals surface area contributed by atoms with E-state index in [2.05, 4.69) is 4.90 Å². The summed E-state index contributed by atoms with van der Waals surface area (Å²) in [6.07, 6.45) is 1.02. The van der Waals surface area contributed by atoms with Crippen molar-refractivity contribution in [3.8, 4) is 0 Å². The van der Waals surface area contributed by atoms with Crippen LogP contribution in [-0.2, 0) is 9.84 Å². The summed E-state index contributed by atoms with van der Waals surface area (Å²) in [5.41, 5.74) is -1.08. The minimum atomic E-state index is -3.40. The Morgan fingerprint density at radius 1 is 1.22 bits per heavy atom. The fourth-order valence-electron chi connectivity index (χ4n) is 2.24. The van der Waals surface area contributed by atoms with Gasteiger partial charge < -0.3 is 10.0 Å². The molecule has 1 aromatic carbocycles. The van der Waals surface area contributed by atoms with Gasteiger partial charge in [-0.15, -0.1) is 0 Å². The molecule has 0 spiro atoms. The monoisotopic (exact) mass is 269 g/mol. The smallest absolute Gasteiger partial charge is 0.181 e. The zero-order valence-corrected chi connectivity index (χ0v) is 11.4. The number of sulfone groups is 1. The fraction of sp³-hybridized carbons (Fsp3) is 0.538. The highest BCUT2D eigenvalue weighted by atomic mass is 32.2. The summed E-state index contributed by atoms with van der Waals surface area (Å²) in [6.45, 7) is 1.47. The van der Waals surface area contributed by atoms with Crippen LogP contribution in [0.25, 0.3) is 0 Å². The Morgan fingerprint density at radius 2 is 1.78 bits per heavy atom. The molecular formula is C13H19NO3S. The normalized spacial score (nSPS) is 20.8. The Hall–Kier alpha value is -0.910. The van der Waals surface area contributed by atoms with Gasteiger partial charge in [-0.05, 0) is 32.0 Å². The molecule has 0 bridgehead atoms. The van der Waals surface area contributed by atoms with E-state index < -0.39 is 15.4 Å². The Bertz CT molecular complexity index is 490. The van der Waals surface area contributed by atoms with Crippen LogP contribution < -0.4 is 0 Å². The van der Waals surface area contributed by atoms with Crippen LogP contribution in [0.4, 0.5) is 0 Å². The zero-order chi connectivity index (χ0) is 13.2. The minimum absolute atomic E-state index is 0.183. The first-order valence-electron chi connectivity index (χ1n) is 6.10. The number of hydrogen-bond donors (Lipinski definition) is 1. The van der Waals surface area contributed by atoms with Gasteiger partial charge in [-0.25, -0.2) is 8.42 Å². The van der Waals surface area contributed by atoms with Crippen LogP contribution in [0.5, 0.6) is 0 Å². The molecule has 0 saturated carbocycles. The summed E-state index contributed by atoms with van der Waals surface area (Å²) in [4.78, 5) is 2.39. The largest absolute Gasteiger partial charge is 0.389 e. The van der Waals surface area contributed by atoms with E-state index in [0.29, 0.717) is 12.8 Å². The molecule has 0 radical (unpaired) electrons. The lowest BCUT2D eigenvalue weighted by atomic mass is 9.94. The molecule has 1 N–H and O–H groups in total. The van der Waals surface area contributed by atoms with E-state index in [1.807, 2.05) is 7.05 Å². The van der Waals surface area contributed by atoms with Gasteiger partial charge in [0.25, 0.3) is 0 Å². The van der Waals surface area contributed by atoms with Gasteiger partial charge in [0.15, 0.2) is 9.84 Å². The van der Waals surface area contributed by atoms with Gasteiger partial charge in [-0.3, -0.25) is 0 Å². The van der Waals surface area contributed by atoms with Crippen LogP contribution in [0, 0.1) is 0 Å². The van der Waals surface area contributed by atoms with Crippen LogP contribution in [0.15, 0.2) is 35.2 Å². The van der Waals surface area contributed by atoms with E-state index in [1.165, 1.54) is 0 Å². The highest BCUT2D eigenvalue weighted by Gasteiger charge is 2.36. The molecule has 0 atom stereocenters. The van der Waals surface area contributed by atoms with Crippen molar-refractivity contribution in [1.82, 2.24) is 4.90 Å². The van der Waals surface area contributed by atoms with E-state index in [9.17, 15) is 13.5 Å². The Balaban J connectivity index is 2.14. The maximum Gasteiger partial charge on any atom is 0.181 e. The van der Waals surface area contributed by atoms with Crippen molar-refractivity contribution in [2.45, 2.75) is 23.3 Å². The molecule has 1 aliphatic heterocycles. The maximum absolute atomic E-state index is 12.2. The number of likely N-dealkylation sites (tertiary alicyclic amines) is 1. The first-order valence-corrected chi connectivity index (χ1v) is 7.75. The molecular weight excluding hydrogens is 250 g/mol. The van der Waals surface area contributed by atoms with Crippen LogP contribution in [-0.4, -0.2) is 49.9 Å². The van der Waals surface area contributed by atoms with Crippen molar-refractivity contribution in [3.05, 3.63) is 30.3 Å². The van der Waals surface area contributed by atoms with E-state index >= 15 is 0 Å². The number of piperidine rings is 1. The number of rotatable bonds is 3. The lowest BCUT2D eigenvalue weighted by Crippen LogP contribution is -2.47. The summed E-state index contributed by atoms with van der Waals surface area (Å²) < 4.78 is 24.4. The molecule has 1 fully saturated rings. The van der Waals surface area contributed by atoms with Gasteiger partial charge >= 0.3 is 0 Å². The van der Waals surface area contributed by atoms with Gasteiger partial charge in [0.1, 0.15) is 0 Å². The quantitative estimate of drug-likeness (QED) is 0.886. The SMILES string of the molecule is CN1CCC(O)(CS(=O)(=O)c2ccccc2)CC1. The van der Waals surface area contributed by atoms with Crippen molar-refractivity contribution in [2.24, 2.45) is 0 Å². The summed E-state index contributed by atoms with van der Waals surface area (Å²) in [5, 5.41) is 10.4. The first-order chi connectivity index (χ1) is 8.41. The highest BCUT2D eigenvalue weighted by molar-refractivity contribution is 7.91. The third kappa shape index (κ3) is 3.10. The van der Waals surface area contributed by atoms with Crippen LogP contribution in [0.1, 0.15) is 12.8 Å². The molecule has 4 nitrogen and oxygen atoms in total. The summed E-state index contributed by atoms with van der Waals surface area (Å²) in [7, 11) is -1.43. The van der Waals surface area contributed by atoms with E-state index in [1.54, 1.807) is 30.3 Å². The first kappa shape index (κ1) is 13.5. The van der Waals surface area contributed by atoms with E-state index in [-0.39, 0.29) is 10.6 Å². The third-order valence-corrected chi connectivity index (χ3v) is 5.39. The van der Waals surface area contributed by atoms with E-state index in [4.69, 9.17) is 0 Å². The lowest BCUT2D eigenvalue weighted by Gasteiger charge is -2.36.